The van der Waals surface area contributed by atoms with E-state index in [1.54, 1.807) is 0 Å². The van der Waals surface area contributed by atoms with E-state index in [1.165, 1.54) is 0 Å². The number of piperidine rings is 1. The third-order valence-electron chi connectivity index (χ3n) is 4.94. The van der Waals surface area contributed by atoms with Crippen molar-refractivity contribution in [1.82, 2.24) is 14.5 Å². The highest BCUT2D eigenvalue weighted by Gasteiger charge is 2.23. The first kappa shape index (κ1) is 17.7. The fraction of sp³-hybridized carbons (Fsp3) is 0.579. The average molecular weight is 345 g/mol. The van der Waals surface area contributed by atoms with Gasteiger partial charge in [-0.05, 0) is 31.4 Å². The van der Waals surface area contributed by atoms with Crippen molar-refractivity contribution in [3.63, 3.8) is 0 Å². The van der Waals surface area contributed by atoms with Crippen molar-refractivity contribution < 1.29 is 9.53 Å². The topological polar surface area (TPSA) is 67.3 Å². The quantitative estimate of drug-likeness (QED) is 0.619. The van der Waals surface area contributed by atoms with Gasteiger partial charge in [-0.1, -0.05) is 25.5 Å². The maximum atomic E-state index is 12.3. The highest BCUT2D eigenvalue weighted by Crippen LogP contribution is 2.24. The summed E-state index contributed by atoms with van der Waals surface area (Å²) in [5.74, 6) is -0.108. The molecule has 6 nitrogen and oxygen atoms in total. The number of hydrogen-bond donors (Lipinski definition) is 1. The minimum Gasteiger partial charge on any atom is -0.466 e. The van der Waals surface area contributed by atoms with Gasteiger partial charge in [0.1, 0.15) is 0 Å². The molecule has 0 amide bonds. The lowest BCUT2D eigenvalue weighted by atomic mass is 10.0. The number of rotatable bonds is 7. The molecule has 1 fully saturated rings. The predicted octanol–water partition coefficient (Wildman–Crippen LogP) is 2.70. The van der Waals surface area contributed by atoms with E-state index in [2.05, 4.69) is 16.8 Å². The summed E-state index contributed by atoms with van der Waals surface area (Å²) in [4.78, 5) is 29.2. The summed E-state index contributed by atoms with van der Waals surface area (Å²) >= 11 is 0. The van der Waals surface area contributed by atoms with Crippen molar-refractivity contribution in [1.29, 1.82) is 0 Å². The van der Waals surface area contributed by atoms with Crippen molar-refractivity contribution >= 4 is 17.0 Å². The molecule has 1 saturated heterocycles. The number of imidazole rings is 1. The Kier molecular flexibility index (Phi) is 5.91. The molecule has 0 saturated carbocycles. The number of carbonyl (C=O) groups excluding carboxylic acids is 1. The summed E-state index contributed by atoms with van der Waals surface area (Å²) in [6.45, 7) is 5.15. The molecular weight excluding hydrogens is 318 g/mol. The van der Waals surface area contributed by atoms with E-state index in [4.69, 9.17) is 4.74 Å². The van der Waals surface area contributed by atoms with Crippen molar-refractivity contribution in [2.24, 2.45) is 0 Å². The first-order valence-electron chi connectivity index (χ1n) is 9.26. The van der Waals surface area contributed by atoms with Gasteiger partial charge in [-0.25, -0.2) is 4.79 Å². The second-order valence-corrected chi connectivity index (χ2v) is 6.71. The van der Waals surface area contributed by atoms with E-state index in [1.807, 2.05) is 28.8 Å². The van der Waals surface area contributed by atoms with Gasteiger partial charge < -0.3 is 14.6 Å². The number of esters is 1. The van der Waals surface area contributed by atoms with Gasteiger partial charge in [0.2, 0.25) is 0 Å². The number of unbranched alkanes of at least 4 members (excludes halogenated alkanes) is 1. The van der Waals surface area contributed by atoms with Crippen LogP contribution in [0, 0.1) is 0 Å². The Labute approximate surface area is 147 Å². The maximum Gasteiger partial charge on any atom is 0.326 e. The third-order valence-corrected chi connectivity index (χ3v) is 4.94. The molecule has 2 aromatic rings. The fourth-order valence-corrected chi connectivity index (χ4v) is 3.49. The monoisotopic (exact) mass is 345 g/mol. The molecule has 1 aromatic heterocycles. The average Bonchev–Trinajstić information content (AvgIpc) is 2.96. The first-order chi connectivity index (χ1) is 12.2. The molecule has 1 N–H and O–H groups in total. The lowest BCUT2D eigenvalue weighted by molar-refractivity contribution is -0.144. The molecule has 1 aromatic carbocycles. The molecule has 1 aliphatic heterocycles. The molecular formula is C19H27N3O3. The molecule has 6 heteroatoms. The fourth-order valence-electron chi connectivity index (χ4n) is 3.49. The van der Waals surface area contributed by atoms with Crippen molar-refractivity contribution in [3.05, 3.63) is 34.7 Å². The van der Waals surface area contributed by atoms with Gasteiger partial charge in [0.15, 0.2) is 0 Å². The highest BCUT2D eigenvalue weighted by atomic mass is 16.5. The number of ether oxygens (including phenoxy) is 1. The van der Waals surface area contributed by atoms with E-state index < -0.39 is 0 Å². The van der Waals surface area contributed by atoms with Crippen LogP contribution < -0.4 is 5.69 Å². The summed E-state index contributed by atoms with van der Waals surface area (Å²) in [7, 11) is 0. The molecule has 0 aliphatic carbocycles. The Balaban J connectivity index is 1.51. The van der Waals surface area contributed by atoms with Crippen LogP contribution in [0.15, 0.2) is 29.1 Å². The van der Waals surface area contributed by atoms with E-state index in [-0.39, 0.29) is 17.7 Å². The number of aromatic nitrogens is 2. The van der Waals surface area contributed by atoms with Gasteiger partial charge in [-0.2, -0.15) is 0 Å². The predicted molar refractivity (Wildman–Crippen MR) is 97.8 cm³/mol. The van der Waals surface area contributed by atoms with Crippen molar-refractivity contribution in [2.45, 2.75) is 45.1 Å². The number of para-hydroxylation sites is 2. The van der Waals surface area contributed by atoms with Gasteiger partial charge in [0.05, 0.1) is 24.1 Å². The smallest absolute Gasteiger partial charge is 0.326 e. The van der Waals surface area contributed by atoms with Gasteiger partial charge in [0, 0.05) is 25.7 Å². The zero-order valence-electron chi connectivity index (χ0n) is 14.9. The van der Waals surface area contributed by atoms with Gasteiger partial charge >= 0.3 is 11.7 Å². The molecule has 0 atom stereocenters. The minimum absolute atomic E-state index is 0.0286. The second kappa shape index (κ2) is 8.34. The number of benzene rings is 1. The molecule has 0 unspecified atom stereocenters. The minimum atomic E-state index is -0.108. The molecule has 136 valence electrons. The summed E-state index contributed by atoms with van der Waals surface area (Å²) in [5.41, 5.74) is 1.84. The van der Waals surface area contributed by atoms with Crippen LogP contribution in [0.5, 0.6) is 0 Å². The van der Waals surface area contributed by atoms with E-state index in [0.717, 1.165) is 56.4 Å². The van der Waals surface area contributed by atoms with Crippen LogP contribution >= 0.6 is 0 Å². The van der Waals surface area contributed by atoms with Crippen LogP contribution in [0.4, 0.5) is 0 Å². The number of aromatic amines is 1. The lowest BCUT2D eigenvalue weighted by Crippen LogP contribution is -2.38. The van der Waals surface area contributed by atoms with Gasteiger partial charge in [-0.15, -0.1) is 0 Å². The standard InChI is InChI=1S/C19H27N3O3/c1-2-3-14-25-18(23)10-13-21-11-8-15(9-12-21)22-17-7-5-4-6-16(17)20-19(22)24/h4-7,15H,2-3,8-14H2,1H3,(H,20,24). The molecule has 25 heavy (non-hydrogen) atoms. The molecule has 2 heterocycles. The Bertz CT molecular complexity index is 757. The summed E-state index contributed by atoms with van der Waals surface area (Å²) in [5, 5.41) is 0. The van der Waals surface area contributed by atoms with E-state index >= 15 is 0 Å². The van der Waals surface area contributed by atoms with Crippen LogP contribution in [0.3, 0.4) is 0 Å². The van der Waals surface area contributed by atoms with Crippen LogP contribution in [0.2, 0.25) is 0 Å². The number of hydrogen-bond acceptors (Lipinski definition) is 4. The zero-order valence-corrected chi connectivity index (χ0v) is 14.9. The maximum absolute atomic E-state index is 12.3. The zero-order chi connectivity index (χ0) is 17.6. The third kappa shape index (κ3) is 4.31. The number of carbonyl (C=O) groups is 1. The SMILES string of the molecule is CCCCOC(=O)CCN1CCC(n2c(=O)[nH]c3ccccc32)CC1. The van der Waals surface area contributed by atoms with E-state index in [0.29, 0.717) is 13.0 Å². The van der Waals surface area contributed by atoms with E-state index in [9.17, 15) is 9.59 Å². The molecule has 0 radical (unpaired) electrons. The number of fused-ring (bicyclic) bond motifs is 1. The van der Waals surface area contributed by atoms with Crippen LogP contribution in [-0.4, -0.2) is 46.7 Å². The molecule has 1 aliphatic rings. The largest absolute Gasteiger partial charge is 0.466 e. The molecule has 3 rings (SSSR count). The Morgan fingerprint density at radius 1 is 1.28 bits per heavy atom. The van der Waals surface area contributed by atoms with Crippen LogP contribution in [0.1, 0.15) is 45.1 Å². The summed E-state index contributed by atoms with van der Waals surface area (Å²) < 4.78 is 7.10. The van der Waals surface area contributed by atoms with Crippen LogP contribution in [0.25, 0.3) is 11.0 Å². The summed E-state index contributed by atoms with van der Waals surface area (Å²) in [6.07, 6.45) is 4.26. The van der Waals surface area contributed by atoms with Gasteiger partial charge in [0.25, 0.3) is 0 Å². The number of H-pyrrole nitrogens is 1. The highest BCUT2D eigenvalue weighted by molar-refractivity contribution is 5.75. The Hall–Kier alpha value is -2.08. The molecule has 0 bridgehead atoms. The summed E-state index contributed by atoms with van der Waals surface area (Å²) in [6, 6.07) is 8.05. The normalized spacial score (nSPS) is 16.4. The first-order valence-corrected chi connectivity index (χ1v) is 9.26. The van der Waals surface area contributed by atoms with Gasteiger partial charge in [-0.3, -0.25) is 9.36 Å². The number of nitrogens with one attached hydrogen (secondary N) is 1. The Morgan fingerprint density at radius 2 is 2.04 bits per heavy atom. The second-order valence-electron chi connectivity index (χ2n) is 6.71. The lowest BCUT2D eigenvalue weighted by Gasteiger charge is -2.32. The van der Waals surface area contributed by atoms with Crippen molar-refractivity contribution in [3.8, 4) is 0 Å². The molecule has 0 spiro atoms. The Morgan fingerprint density at radius 3 is 2.80 bits per heavy atom. The number of likely N-dealkylation sites (tertiary alicyclic amines) is 1. The van der Waals surface area contributed by atoms with Crippen LogP contribution in [-0.2, 0) is 9.53 Å². The number of nitrogens with zero attached hydrogens (tertiary/aromatic N) is 2. The van der Waals surface area contributed by atoms with Crippen molar-refractivity contribution in [2.75, 3.05) is 26.2 Å².